The largest absolute Gasteiger partial charge is 0.422 e. The van der Waals surface area contributed by atoms with Gasteiger partial charge in [0, 0.05) is 39.5 Å². The molecule has 1 saturated carbocycles. The highest BCUT2D eigenvalue weighted by molar-refractivity contribution is 14.1. The molecule has 4 aromatic rings. The molecule has 0 atom stereocenters. The Morgan fingerprint density at radius 3 is 2.41 bits per heavy atom. The van der Waals surface area contributed by atoms with E-state index in [1.165, 1.54) is 6.07 Å². The molecule has 0 aliphatic heterocycles. The third kappa shape index (κ3) is 7.12. The number of pyridine rings is 1. The smallest absolute Gasteiger partial charge is 0.339 e. The van der Waals surface area contributed by atoms with Crippen LogP contribution in [0.4, 0.5) is 4.39 Å². The number of rotatable bonds is 10. The molecule has 0 radical (unpaired) electrons. The Labute approximate surface area is 284 Å². The molecule has 0 bridgehead atoms. The van der Waals surface area contributed by atoms with E-state index >= 15 is 4.39 Å². The zero-order valence-corrected chi connectivity index (χ0v) is 31.4. The Balaban J connectivity index is 1.59. The predicted molar refractivity (Wildman–Crippen MR) is 192 cm³/mol. The molecule has 0 spiro atoms. The summed E-state index contributed by atoms with van der Waals surface area (Å²) in [6, 6.07) is 12.1. The summed E-state index contributed by atoms with van der Waals surface area (Å²) in [6.07, 6.45) is 1.74. The summed E-state index contributed by atoms with van der Waals surface area (Å²) in [6.45, 7) is 14.1. The molecular formula is C35H41FINO6SSi. The molecule has 1 aliphatic carbocycles. The second-order valence-corrected chi connectivity index (χ2v) is 22.1. The quantitative estimate of drug-likeness (QED) is 0.120. The normalized spacial score (nSPS) is 14.3. The van der Waals surface area contributed by atoms with Crippen molar-refractivity contribution in [1.29, 1.82) is 0 Å². The standard InChI is InChI=1S/C35H41FINO6SSi/c1-21-28(18-24-11-12-26(37)19-29(24)36)31-32(44-34(21)40)30(22(2)38(33(31)39)27-13-14-27)25-10-8-9-23(17-25)20-45(41,42)16-15-43-46(6,7)35(3,4)5/h8-12,17,19,27H,13-16,18,20H2,1-7H3. The fraction of sp³-hybridized carbons (Fsp3) is 0.429. The van der Waals surface area contributed by atoms with E-state index in [1.807, 2.05) is 35.6 Å². The van der Waals surface area contributed by atoms with E-state index in [2.05, 4.69) is 33.9 Å². The summed E-state index contributed by atoms with van der Waals surface area (Å²) in [4.78, 5) is 27.4. The van der Waals surface area contributed by atoms with Crippen molar-refractivity contribution in [3.05, 3.63) is 101 Å². The van der Waals surface area contributed by atoms with Crippen LogP contribution in [0.2, 0.25) is 18.1 Å². The zero-order chi connectivity index (χ0) is 33.8. The van der Waals surface area contributed by atoms with Gasteiger partial charge in [0.1, 0.15) is 5.82 Å². The first kappa shape index (κ1) is 34.7. The summed E-state index contributed by atoms with van der Waals surface area (Å²) in [5.41, 5.74) is 2.76. The molecule has 2 aromatic carbocycles. The Bertz CT molecular complexity index is 2060. The molecule has 1 aliphatic rings. The lowest BCUT2D eigenvalue weighted by molar-refractivity contribution is 0.309. The minimum absolute atomic E-state index is 0.00948. The molecule has 0 unspecified atom stereocenters. The van der Waals surface area contributed by atoms with Crippen LogP contribution in [0.25, 0.3) is 22.1 Å². The average molecular weight is 778 g/mol. The zero-order valence-electron chi connectivity index (χ0n) is 27.4. The number of fused-ring (bicyclic) bond motifs is 1. The lowest BCUT2D eigenvalue weighted by Gasteiger charge is -2.36. The second-order valence-electron chi connectivity index (χ2n) is 13.9. The lowest BCUT2D eigenvalue weighted by atomic mass is 9.94. The number of aromatic nitrogens is 1. The number of sulfone groups is 1. The number of hydrogen-bond acceptors (Lipinski definition) is 6. The summed E-state index contributed by atoms with van der Waals surface area (Å²) >= 11 is 2.04. The summed E-state index contributed by atoms with van der Waals surface area (Å²) in [7, 11) is -5.59. The van der Waals surface area contributed by atoms with Crippen molar-refractivity contribution >= 4 is 51.7 Å². The molecule has 5 rings (SSSR count). The Hall–Kier alpha value is -2.61. The van der Waals surface area contributed by atoms with Gasteiger partial charge in [-0.3, -0.25) is 4.79 Å². The van der Waals surface area contributed by atoms with Crippen molar-refractivity contribution in [3.8, 4) is 11.1 Å². The van der Waals surface area contributed by atoms with Crippen molar-refractivity contribution in [2.24, 2.45) is 0 Å². The van der Waals surface area contributed by atoms with Crippen molar-refractivity contribution in [1.82, 2.24) is 4.57 Å². The Morgan fingerprint density at radius 1 is 1.09 bits per heavy atom. The minimum Gasteiger partial charge on any atom is -0.422 e. The Morgan fingerprint density at radius 2 is 1.78 bits per heavy atom. The van der Waals surface area contributed by atoms with Crippen LogP contribution >= 0.6 is 22.6 Å². The van der Waals surface area contributed by atoms with Crippen LogP contribution in [-0.4, -0.2) is 33.7 Å². The number of nitrogens with zero attached hydrogens (tertiary/aromatic N) is 1. The lowest BCUT2D eigenvalue weighted by Crippen LogP contribution is -2.41. The molecule has 2 aromatic heterocycles. The van der Waals surface area contributed by atoms with Gasteiger partial charge in [-0.1, -0.05) is 45.0 Å². The Kier molecular flexibility index (Phi) is 9.64. The molecule has 246 valence electrons. The van der Waals surface area contributed by atoms with Gasteiger partial charge in [0.2, 0.25) is 0 Å². The van der Waals surface area contributed by atoms with E-state index in [9.17, 15) is 18.0 Å². The number of benzene rings is 2. The fourth-order valence-electron chi connectivity index (χ4n) is 5.60. The van der Waals surface area contributed by atoms with Gasteiger partial charge in [0.15, 0.2) is 23.7 Å². The minimum atomic E-state index is -3.50. The molecule has 46 heavy (non-hydrogen) atoms. The molecular weight excluding hydrogens is 736 g/mol. The van der Waals surface area contributed by atoms with Gasteiger partial charge in [-0.15, -0.1) is 0 Å². The first-order valence-corrected chi connectivity index (χ1v) is 21.3. The highest BCUT2D eigenvalue weighted by Gasteiger charge is 2.37. The van der Waals surface area contributed by atoms with Gasteiger partial charge in [0.05, 0.1) is 16.9 Å². The van der Waals surface area contributed by atoms with Gasteiger partial charge >= 0.3 is 5.63 Å². The second kappa shape index (κ2) is 12.8. The van der Waals surface area contributed by atoms with E-state index < -0.39 is 29.6 Å². The van der Waals surface area contributed by atoms with Crippen molar-refractivity contribution < 1.29 is 21.7 Å². The first-order valence-electron chi connectivity index (χ1n) is 15.5. The molecule has 0 amide bonds. The van der Waals surface area contributed by atoms with Crippen LogP contribution in [0.15, 0.2) is 56.5 Å². The van der Waals surface area contributed by atoms with Gasteiger partial charge in [-0.25, -0.2) is 17.6 Å². The molecule has 0 saturated heterocycles. The maximum Gasteiger partial charge on any atom is 0.339 e. The van der Waals surface area contributed by atoms with Crippen LogP contribution in [0, 0.1) is 23.2 Å². The third-order valence-corrected chi connectivity index (χ3v) is 16.2. The van der Waals surface area contributed by atoms with Crippen LogP contribution < -0.4 is 11.2 Å². The van der Waals surface area contributed by atoms with E-state index in [1.54, 1.807) is 41.8 Å². The van der Waals surface area contributed by atoms with Crippen LogP contribution in [0.5, 0.6) is 0 Å². The predicted octanol–water partition coefficient (Wildman–Crippen LogP) is 7.84. The molecule has 1 fully saturated rings. The summed E-state index contributed by atoms with van der Waals surface area (Å²) in [5.74, 6) is -0.683. The SMILES string of the molecule is Cc1c(Cc2ccc(I)cc2F)c2c(=O)n(C3CC3)c(C)c(-c3cccc(CS(=O)(=O)CCO[Si](C)(C)C(C)(C)C)c3)c2oc1=O. The van der Waals surface area contributed by atoms with Crippen LogP contribution in [-0.2, 0) is 26.4 Å². The number of halogens is 2. The monoisotopic (exact) mass is 777 g/mol. The summed E-state index contributed by atoms with van der Waals surface area (Å²) in [5, 5.41) is 0.229. The molecule has 11 heteroatoms. The highest BCUT2D eigenvalue weighted by Crippen LogP contribution is 2.40. The molecule has 0 N–H and O–H groups in total. The first-order chi connectivity index (χ1) is 21.4. The van der Waals surface area contributed by atoms with Crippen molar-refractivity contribution in [2.75, 3.05) is 12.4 Å². The van der Waals surface area contributed by atoms with Crippen molar-refractivity contribution in [2.45, 2.75) is 83.8 Å². The average Bonchev–Trinajstić information content (AvgIpc) is 3.77. The van der Waals surface area contributed by atoms with E-state index in [-0.39, 0.29) is 57.7 Å². The van der Waals surface area contributed by atoms with Gasteiger partial charge in [-0.05, 0) is 108 Å². The molecule has 2 heterocycles. The third-order valence-electron chi connectivity index (χ3n) is 9.43. The highest BCUT2D eigenvalue weighted by atomic mass is 127. The van der Waals surface area contributed by atoms with Crippen LogP contribution in [0.1, 0.15) is 67.6 Å². The van der Waals surface area contributed by atoms with Crippen molar-refractivity contribution in [3.63, 3.8) is 0 Å². The fourth-order valence-corrected chi connectivity index (χ4v) is 8.42. The summed E-state index contributed by atoms with van der Waals surface area (Å²) < 4.78 is 55.9. The van der Waals surface area contributed by atoms with Crippen LogP contribution in [0.3, 0.4) is 0 Å². The topological polar surface area (TPSA) is 95.6 Å². The van der Waals surface area contributed by atoms with E-state index in [4.69, 9.17) is 8.84 Å². The van der Waals surface area contributed by atoms with Gasteiger partial charge < -0.3 is 13.4 Å². The van der Waals surface area contributed by atoms with Gasteiger partial charge in [0.25, 0.3) is 5.56 Å². The van der Waals surface area contributed by atoms with E-state index in [0.717, 1.165) is 16.4 Å². The van der Waals surface area contributed by atoms with E-state index in [0.29, 0.717) is 33.5 Å². The van der Waals surface area contributed by atoms with Gasteiger partial charge in [-0.2, -0.15) is 0 Å². The number of hydrogen-bond donors (Lipinski definition) is 0. The maximum atomic E-state index is 15.0. The molecule has 7 nitrogen and oxygen atoms in total. The maximum absolute atomic E-state index is 15.0.